The van der Waals surface area contributed by atoms with Crippen molar-refractivity contribution in [3.8, 4) is 0 Å². The van der Waals surface area contributed by atoms with E-state index in [0.717, 1.165) is 5.56 Å². The van der Waals surface area contributed by atoms with Gasteiger partial charge in [-0.1, -0.05) is 15.9 Å². The van der Waals surface area contributed by atoms with Crippen LogP contribution in [0.2, 0.25) is 0 Å². The molecule has 0 unspecified atom stereocenters. The SMILES string of the molecule is NN=Cc1ccc(F)cc1Br. The van der Waals surface area contributed by atoms with Gasteiger partial charge in [-0.05, 0) is 18.2 Å². The van der Waals surface area contributed by atoms with Crippen LogP contribution in [0.15, 0.2) is 27.8 Å². The third-order valence-electron chi connectivity index (χ3n) is 1.18. The van der Waals surface area contributed by atoms with Gasteiger partial charge < -0.3 is 5.84 Å². The van der Waals surface area contributed by atoms with Crippen molar-refractivity contribution in [2.24, 2.45) is 10.9 Å². The van der Waals surface area contributed by atoms with Gasteiger partial charge in [0, 0.05) is 10.0 Å². The lowest BCUT2D eigenvalue weighted by molar-refractivity contribution is 0.627. The highest BCUT2D eigenvalue weighted by Crippen LogP contribution is 2.15. The van der Waals surface area contributed by atoms with Gasteiger partial charge in [-0.15, -0.1) is 0 Å². The fourth-order valence-electron chi connectivity index (χ4n) is 0.687. The molecule has 0 spiro atoms. The molecule has 0 radical (unpaired) electrons. The molecule has 0 aromatic heterocycles. The molecular weight excluding hydrogens is 211 g/mol. The highest BCUT2D eigenvalue weighted by molar-refractivity contribution is 9.10. The van der Waals surface area contributed by atoms with Crippen LogP contribution in [0.1, 0.15) is 5.56 Å². The van der Waals surface area contributed by atoms with E-state index in [1.165, 1.54) is 18.3 Å². The molecule has 1 aromatic carbocycles. The molecule has 1 aromatic rings. The zero-order valence-corrected chi connectivity index (χ0v) is 7.18. The Hall–Kier alpha value is -0.900. The van der Waals surface area contributed by atoms with Gasteiger partial charge in [0.15, 0.2) is 0 Å². The minimum atomic E-state index is -0.286. The fourth-order valence-corrected chi connectivity index (χ4v) is 1.14. The van der Waals surface area contributed by atoms with E-state index in [1.807, 2.05) is 0 Å². The molecule has 0 saturated carbocycles. The van der Waals surface area contributed by atoms with E-state index < -0.39 is 0 Å². The summed E-state index contributed by atoms with van der Waals surface area (Å²) < 4.78 is 13.1. The zero-order chi connectivity index (χ0) is 8.27. The van der Waals surface area contributed by atoms with Crippen LogP contribution in [0.4, 0.5) is 4.39 Å². The highest BCUT2D eigenvalue weighted by Gasteiger charge is 1.97. The van der Waals surface area contributed by atoms with Crippen LogP contribution in [-0.2, 0) is 0 Å². The average molecular weight is 217 g/mol. The number of hydrogen-bond donors (Lipinski definition) is 1. The topological polar surface area (TPSA) is 38.4 Å². The second-order valence-electron chi connectivity index (χ2n) is 1.94. The average Bonchev–Trinajstić information content (AvgIpc) is 1.95. The van der Waals surface area contributed by atoms with Gasteiger partial charge >= 0.3 is 0 Å². The van der Waals surface area contributed by atoms with Crippen molar-refractivity contribution >= 4 is 22.1 Å². The van der Waals surface area contributed by atoms with E-state index in [-0.39, 0.29) is 5.82 Å². The largest absolute Gasteiger partial charge is 0.323 e. The zero-order valence-electron chi connectivity index (χ0n) is 5.59. The summed E-state index contributed by atoms with van der Waals surface area (Å²) >= 11 is 3.16. The number of halogens is 2. The number of nitrogens with zero attached hydrogens (tertiary/aromatic N) is 1. The quantitative estimate of drug-likeness (QED) is 0.435. The Kier molecular flexibility index (Phi) is 2.59. The predicted molar refractivity (Wildman–Crippen MR) is 45.9 cm³/mol. The van der Waals surface area contributed by atoms with Gasteiger partial charge in [0.2, 0.25) is 0 Å². The summed E-state index contributed by atoms with van der Waals surface area (Å²) in [6.45, 7) is 0. The lowest BCUT2D eigenvalue weighted by Gasteiger charge is -1.95. The monoisotopic (exact) mass is 216 g/mol. The number of nitrogens with two attached hydrogens (primary N) is 1. The Morgan fingerprint density at radius 2 is 2.27 bits per heavy atom. The summed E-state index contributed by atoms with van der Waals surface area (Å²) in [4.78, 5) is 0. The second-order valence-corrected chi connectivity index (χ2v) is 2.80. The first-order valence-corrected chi connectivity index (χ1v) is 3.71. The van der Waals surface area contributed by atoms with E-state index in [4.69, 9.17) is 5.84 Å². The molecule has 0 heterocycles. The van der Waals surface area contributed by atoms with E-state index in [9.17, 15) is 4.39 Å². The van der Waals surface area contributed by atoms with Gasteiger partial charge in [-0.2, -0.15) is 5.10 Å². The summed E-state index contributed by atoms with van der Waals surface area (Å²) in [6, 6.07) is 4.30. The molecule has 2 N–H and O–H groups in total. The van der Waals surface area contributed by atoms with Gasteiger partial charge in [0.1, 0.15) is 5.82 Å². The molecule has 4 heteroatoms. The summed E-state index contributed by atoms with van der Waals surface area (Å²) in [6.07, 6.45) is 1.45. The number of hydrogen-bond acceptors (Lipinski definition) is 2. The molecule has 0 saturated heterocycles. The molecule has 0 bridgehead atoms. The van der Waals surface area contributed by atoms with Crippen LogP contribution in [0.25, 0.3) is 0 Å². The minimum Gasteiger partial charge on any atom is -0.323 e. The van der Waals surface area contributed by atoms with E-state index in [1.54, 1.807) is 6.07 Å². The van der Waals surface area contributed by atoms with Crippen molar-refractivity contribution < 1.29 is 4.39 Å². The molecular formula is C7H6BrFN2. The van der Waals surface area contributed by atoms with Crippen LogP contribution in [0, 0.1) is 5.82 Å². The molecule has 0 aliphatic heterocycles. The predicted octanol–water partition coefficient (Wildman–Crippen LogP) is 1.88. The summed E-state index contributed by atoms with van der Waals surface area (Å²) in [5.41, 5.74) is 0.758. The molecule has 0 amide bonds. The summed E-state index contributed by atoms with van der Waals surface area (Å²) in [5, 5.41) is 3.32. The Labute approximate surface area is 72.0 Å². The number of hydrazone groups is 1. The molecule has 2 nitrogen and oxygen atoms in total. The molecule has 1 rings (SSSR count). The summed E-state index contributed by atoms with van der Waals surface area (Å²) in [5.74, 6) is 4.64. The summed E-state index contributed by atoms with van der Waals surface area (Å²) in [7, 11) is 0. The first kappa shape index (κ1) is 8.20. The van der Waals surface area contributed by atoms with Crippen molar-refractivity contribution in [3.63, 3.8) is 0 Å². The van der Waals surface area contributed by atoms with Gasteiger partial charge in [-0.3, -0.25) is 0 Å². The molecule has 0 aliphatic carbocycles. The maximum absolute atomic E-state index is 12.5. The Morgan fingerprint density at radius 1 is 1.55 bits per heavy atom. The second kappa shape index (κ2) is 3.48. The van der Waals surface area contributed by atoms with Crippen molar-refractivity contribution in [3.05, 3.63) is 34.1 Å². The van der Waals surface area contributed by atoms with E-state index in [2.05, 4.69) is 21.0 Å². The molecule has 11 heavy (non-hydrogen) atoms. The van der Waals surface area contributed by atoms with Crippen LogP contribution in [0.3, 0.4) is 0 Å². The van der Waals surface area contributed by atoms with Crippen LogP contribution >= 0.6 is 15.9 Å². The van der Waals surface area contributed by atoms with Crippen LogP contribution in [0.5, 0.6) is 0 Å². The van der Waals surface area contributed by atoms with Gasteiger partial charge in [0.05, 0.1) is 6.21 Å². The lowest BCUT2D eigenvalue weighted by Crippen LogP contribution is -1.88. The smallest absolute Gasteiger partial charge is 0.124 e. The Bertz CT molecular complexity index is 286. The van der Waals surface area contributed by atoms with Crippen molar-refractivity contribution in [1.82, 2.24) is 0 Å². The van der Waals surface area contributed by atoms with Crippen LogP contribution in [-0.4, -0.2) is 6.21 Å². The van der Waals surface area contributed by atoms with Gasteiger partial charge in [0.25, 0.3) is 0 Å². The van der Waals surface area contributed by atoms with Gasteiger partial charge in [-0.25, -0.2) is 4.39 Å². The fraction of sp³-hybridized carbons (Fsp3) is 0. The van der Waals surface area contributed by atoms with Crippen molar-refractivity contribution in [2.75, 3.05) is 0 Å². The molecule has 0 aliphatic rings. The van der Waals surface area contributed by atoms with Crippen molar-refractivity contribution in [2.45, 2.75) is 0 Å². The van der Waals surface area contributed by atoms with Crippen molar-refractivity contribution in [1.29, 1.82) is 0 Å². The number of benzene rings is 1. The highest BCUT2D eigenvalue weighted by atomic mass is 79.9. The third kappa shape index (κ3) is 2.01. The normalized spacial score (nSPS) is 10.7. The Balaban J connectivity index is 3.09. The minimum absolute atomic E-state index is 0.286. The third-order valence-corrected chi connectivity index (χ3v) is 1.86. The molecule has 58 valence electrons. The maximum atomic E-state index is 12.5. The van der Waals surface area contributed by atoms with Crippen LogP contribution < -0.4 is 5.84 Å². The standard InChI is InChI=1S/C7H6BrFN2/c8-7-3-6(9)2-1-5(7)4-11-10/h1-4H,10H2. The maximum Gasteiger partial charge on any atom is 0.124 e. The van der Waals surface area contributed by atoms with E-state index in [0.29, 0.717) is 4.47 Å². The molecule has 0 fully saturated rings. The Morgan fingerprint density at radius 3 is 2.82 bits per heavy atom. The number of rotatable bonds is 1. The van der Waals surface area contributed by atoms with E-state index >= 15 is 0 Å². The first-order valence-electron chi connectivity index (χ1n) is 2.92. The lowest BCUT2D eigenvalue weighted by atomic mass is 10.2. The first-order chi connectivity index (χ1) is 5.24. The molecule has 0 atom stereocenters.